The number of aliphatic hydroxyl groups excluding tert-OH is 1. The lowest BCUT2D eigenvalue weighted by molar-refractivity contribution is -0.161. The van der Waals surface area contributed by atoms with Crippen LogP contribution in [-0.2, 0) is 65.4 Å². The number of allylic oxidation sites excluding steroid dienone is 20. The smallest absolute Gasteiger partial charge is 0.462 e. The second-order valence-corrected chi connectivity index (χ2v) is 28.4. The van der Waals surface area contributed by atoms with E-state index in [1.807, 2.05) is 0 Å². The minimum Gasteiger partial charge on any atom is -0.462 e. The fraction of sp³-hybridized carbons (Fsp3) is 0.704. The minimum absolute atomic E-state index is 0.0737. The van der Waals surface area contributed by atoms with E-state index in [9.17, 15) is 43.2 Å². The van der Waals surface area contributed by atoms with Gasteiger partial charge in [-0.2, -0.15) is 0 Å². The summed E-state index contributed by atoms with van der Waals surface area (Å²) in [6.45, 7) is 4.52. The van der Waals surface area contributed by atoms with Gasteiger partial charge in [0.25, 0.3) is 0 Å². The third kappa shape index (κ3) is 71.8. The van der Waals surface area contributed by atoms with Gasteiger partial charge < -0.3 is 33.8 Å². The molecule has 0 fully saturated rings. The maximum Gasteiger partial charge on any atom is 0.472 e. The van der Waals surface area contributed by atoms with Crippen LogP contribution in [0.4, 0.5) is 0 Å². The van der Waals surface area contributed by atoms with Crippen molar-refractivity contribution in [3.05, 3.63) is 122 Å². The number of phosphoric acid groups is 2. The Hall–Kier alpha value is -4.54. The monoisotopic (exact) mass is 1440 g/mol. The zero-order valence-electron chi connectivity index (χ0n) is 62.6. The summed E-state index contributed by atoms with van der Waals surface area (Å²) >= 11 is 0. The highest BCUT2D eigenvalue weighted by Crippen LogP contribution is 2.45. The molecule has 0 heterocycles. The summed E-state index contributed by atoms with van der Waals surface area (Å²) in [4.78, 5) is 72.9. The van der Waals surface area contributed by atoms with Crippen LogP contribution in [0.25, 0.3) is 0 Å². The molecule has 0 saturated carbocycles. The minimum atomic E-state index is -4.99. The summed E-state index contributed by atoms with van der Waals surface area (Å²) < 4.78 is 68.5. The third-order valence-electron chi connectivity index (χ3n) is 15.9. The van der Waals surface area contributed by atoms with Gasteiger partial charge in [0.1, 0.15) is 19.3 Å². The Kier molecular flexibility index (Phi) is 69.5. The molecule has 574 valence electrons. The van der Waals surface area contributed by atoms with Gasteiger partial charge >= 0.3 is 39.5 Å². The molecule has 0 spiro atoms. The van der Waals surface area contributed by atoms with Gasteiger partial charge in [-0.15, -0.1) is 0 Å². The molecule has 0 aromatic heterocycles. The molecule has 100 heavy (non-hydrogen) atoms. The van der Waals surface area contributed by atoms with E-state index in [0.717, 1.165) is 193 Å². The second-order valence-electron chi connectivity index (χ2n) is 25.5. The van der Waals surface area contributed by atoms with Crippen LogP contribution in [0.1, 0.15) is 310 Å². The quantitative estimate of drug-likeness (QED) is 0.0169. The predicted octanol–water partition coefficient (Wildman–Crippen LogP) is 22.3. The molecular weight excluding hydrogens is 1310 g/mol. The molecule has 0 amide bonds. The van der Waals surface area contributed by atoms with Crippen LogP contribution in [-0.4, -0.2) is 96.7 Å². The lowest BCUT2D eigenvalue weighted by Gasteiger charge is -2.21. The first-order valence-electron chi connectivity index (χ1n) is 38.8. The van der Waals surface area contributed by atoms with Gasteiger partial charge in [-0.3, -0.25) is 37.3 Å². The van der Waals surface area contributed by atoms with E-state index in [1.165, 1.54) is 38.5 Å². The second kappa shape index (κ2) is 72.8. The van der Waals surface area contributed by atoms with E-state index in [0.29, 0.717) is 25.7 Å². The number of esters is 4. The summed E-state index contributed by atoms with van der Waals surface area (Å²) in [5.74, 6) is -2.23. The molecule has 0 aromatic carbocycles. The number of aliphatic hydroxyl groups is 1. The van der Waals surface area contributed by atoms with Gasteiger partial charge in [0, 0.05) is 25.7 Å². The molecule has 0 aromatic rings. The van der Waals surface area contributed by atoms with E-state index in [-0.39, 0.29) is 25.7 Å². The van der Waals surface area contributed by atoms with E-state index in [1.54, 1.807) is 0 Å². The van der Waals surface area contributed by atoms with Gasteiger partial charge in [0.2, 0.25) is 0 Å². The summed E-state index contributed by atoms with van der Waals surface area (Å²) in [5, 5.41) is 10.6. The molecule has 5 unspecified atom stereocenters. The fourth-order valence-electron chi connectivity index (χ4n) is 10.1. The summed E-state index contributed by atoms with van der Waals surface area (Å²) in [5.41, 5.74) is 0. The summed E-state index contributed by atoms with van der Waals surface area (Å²) in [6, 6.07) is 0. The molecular formula is C81H138O17P2. The zero-order chi connectivity index (χ0) is 73.2. The number of phosphoric ester groups is 2. The first-order chi connectivity index (χ1) is 48.7. The van der Waals surface area contributed by atoms with E-state index in [4.69, 9.17) is 37.0 Å². The highest BCUT2D eigenvalue weighted by atomic mass is 31.2. The molecule has 3 N–H and O–H groups in total. The van der Waals surface area contributed by atoms with Crippen LogP contribution < -0.4 is 0 Å². The lowest BCUT2D eigenvalue weighted by Crippen LogP contribution is -2.30. The van der Waals surface area contributed by atoms with Gasteiger partial charge in [0.15, 0.2) is 12.2 Å². The Balaban J connectivity index is 5.38. The normalized spacial score (nSPS) is 14.6. The maximum atomic E-state index is 13.1. The van der Waals surface area contributed by atoms with Crippen molar-refractivity contribution in [2.45, 2.75) is 329 Å². The van der Waals surface area contributed by atoms with Crippen LogP contribution in [0.5, 0.6) is 0 Å². The Bertz CT molecular complexity index is 2370. The van der Waals surface area contributed by atoms with Crippen molar-refractivity contribution >= 4 is 39.5 Å². The molecule has 0 aliphatic heterocycles. The first-order valence-corrected chi connectivity index (χ1v) is 41.8. The van der Waals surface area contributed by atoms with Crippen LogP contribution in [0.3, 0.4) is 0 Å². The lowest BCUT2D eigenvalue weighted by atomic mass is 10.1. The largest absolute Gasteiger partial charge is 0.472 e. The Morgan fingerprint density at radius 3 is 0.850 bits per heavy atom. The van der Waals surface area contributed by atoms with Crippen molar-refractivity contribution in [2.75, 3.05) is 39.6 Å². The van der Waals surface area contributed by atoms with Crippen LogP contribution >= 0.6 is 15.6 Å². The Labute approximate surface area is 606 Å². The Morgan fingerprint density at radius 1 is 0.290 bits per heavy atom. The molecule has 0 bridgehead atoms. The molecule has 0 aliphatic carbocycles. The van der Waals surface area contributed by atoms with Gasteiger partial charge in [-0.05, 0) is 128 Å². The number of carbonyl (C=O) groups excluding carboxylic acids is 4. The number of hydrogen-bond donors (Lipinski definition) is 3. The molecule has 19 heteroatoms. The molecule has 17 nitrogen and oxygen atoms in total. The van der Waals surface area contributed by atoms with Crippen LogP contribution in [0.2, 0.25) is 0 Å². The number of carbonyl (C=O) groups is 4. The fourth-order valence-corrected chi connectivity index (χ4v) is 11.6. The van der Waals surface area contributed by atoms with Crippen molar-refractivity contribution in [1.29, 1.82) is 0 Å². The molecule has 0 rings (SSSR count). The standard InChI is InChI=1S/C81H138O17P2/c1-5-9-13-17-21-25-29-32-34-36-37-39-40-43-47-50-54-58-62-66-79(84)92-72-77(98-81(86)68-64-60-56-52-48-44-41-38-35-33-30-26-22-18-14-10-6-2)74-96-100(89,90)94-70-75(82)69-93-99(87,88)95-73-76(97-80(85)67-63-59-55-51-45-28-24-20-16-12-8-4)71-91-78(83)65-61-57-53-49-46-42-31-27-23-19-15-11-7-3/h9-10,13-15,19,21-22,25-27,31-35,37,39,43,47,75-77,82H,5-8,11-12,16-18,20,23-24,28-30,36,38,40-42,44-46,48-74H2,1-4H3,(H,87,88)(H,89,90)/b13-9-,14-10-,19-15-,25-21-,26-22-,31-27-,34-32-,35-33-,39-37-,47-43-. The van der Waals surface area contributed by atoms with E-state index >= 15 is 0 Å². The summed E-state index contributed by atoms with van der Waals surface area (Å²) in [6.07, 6.45) is 79.0. The van der Waals surface area contributed by atoms with Gasteiger partial charge in [-0.25, -0.2) is 9.13 Å². The van der Waals surface area contributed by atoms with Crippen molar-refractivity contribution in [1.82, 2.24) is 0 Å². The van der Waals surface area contributed by atoms with Crippen molar-refractivity contribution in [3.63, 3.8) is 0 Å². The highest BCUT2D eigenvalue weighted by molar-refractivity contribution is 7.47. The first kappa shape index (κ1) is 95.5. The Morgan fingerprint density at radius 2 is 0.540 bits per heavy atom. The number of unbranched alkanes of at least 4 members (excludes halogenated alkanes) is 26. The van der Waals surface area contributed by atoms with Crippen LogP contribution in [0, 0.1) is 0 Å². The van der Waals surface area contributed by atoms with Crippen molar-refractivity contribution in [3.8, 4) is 0 Å². The number of hydrogen-bond acceptors (Lipinski definition) is 15. The molecule has 0 saturated heterocycles. The van der Waals surface area contributed by atoms with Crippen LogP contribution in [0.15, 0.2) is 122 Å². The average molecular weight is 1450 g/mol. The van der Waals surface area contributed by atoms with E-state index in [2.05, 4.69) is 149 Å². The molecule has 0 radical (unpaired) electrons. The highest BCUT2D eigenvalue weighted by Gasteiger charge is 2.30. The maximum absolute atomic E-state index is 13.1. The predicted molar refractivity (Wildman–Crippen MR) is 408 cm³/mol. The number of ether oxygens (including phenoxy) is 4. The topological polar surface area (TPSA) is 237 Å². The van der Waals surface area contributed by atoms with Crippen molar-refractivity contribution in [2.24, 2.45) is 0 Å². The third-order valence-corrected chi connectivity index (χ3v) is 17.8. The zero-order valence-corrected chi connectivity index (χ0v) is 64.4. The SMILES string of the molecule is CC/C=C\C/C=C\C/C=C\C/C=C\C/C=C\CCCCCC(=O)OCC(COP(=O)(O)OCC(O)COP(=O)(O)OCC(COC(=O)CCCCCCC/C=C\C/C=C\CCC)OC(=O)CCCCCCCCCCCCC)OC(=O)CCCCCCCCC/C=C\C/C=C\C/C=C\CC. The van der Waals surface area contributed by atoms with E-state index < -0.39 is 97.5 Å². The molecule has 0 aliphatic rings. The summed E-state index contributed by atoms with van der Waals surface area (Å²) in [7, 11) is -9.96. The van der Waals surface area contributed by atoms with Crippen molar-refractivity contribution < 1.29 is 80.2 Å². The average Bonchev–Trinajstić information content (AvgIpc) is 0.930. The number of rotatable bonds is 72. The molecule has 5 atom stereocenters. The van der Waals surface area contributed by atoms with Gasteiger partial charge in [-0.1, -0.05) is 278 Å². The van der Waals surface area contributed by atoms with Gasteiger partial charge in [0.05, 0.1) is 26.4 Å².